The Kier molecular flexibility index (Phi) is 10.7. The summed E-state index contributed by atoms with van der Waals surface area (Å²) in [5.74, 6) is -0.677. The number of phenols is 1. The third kappa shape index (κ3) is 7.71. The van der Waals surface area contributed by atoms with Crippen LogP contribution in [0.15, 0.2) is 158 Å². The first-order valence-electron chi connectivity index (χ1n) is 20.1. The summed E-state index contributed by atoms with van der Waals surface area (Å²) in [5.41, 5.74) is 13.8. The molecule has 0 amide bonds. The van der Waals surface area contributed by atoms with Gasteiger partial charge in [0.05, 0.1) is 16.7 Å². The molecular weight excluding hydrogens is 921 g/mol. The second-order valence-corrected chi connectivity index (χ2v) is 17.4. The van der Waals surface area contributed by atoms with Gasteiger partial charge in [0.1, 0.15) is 11.6 Å². The van der Waals surface area contributed by atoms with E-state index in [9.17, 15) is 9.50 Å². The van der Waals surface area contributed by atoms with Crippen molar-refractivity contribution in [2.24, 2.45) is 0 Å². The molecule has 0 bridgehead atoms. The van der Waals surface area contributed by atoms with Crippen LogP contribution in [0.2, 0.25) is 0 Å². The summed E-state index contributed by atoms with van der Waals surface area (Å²) in [6.07, 6.45) is 1.86. The summed E-state index contributed by atoms with van der Waals surface area (Å²) in [6, 6.07) is 54.4. The van der Waals surface area contributed by atoms with E-state index in [0.717, 1.165) is 61.9 Å². The van der Waals surface area contributed by atoms with Crippen molar-refractivity contribution in [1.82, 2.24) is 14.5 Å². The van der Waals surface area contributed by atoms with Crippen LogP contribution in [0.3, 0.4) is 0 Å². The normalized spacial score (nSPS) is 11.8. The number of pyridine rings is 2. The van der Waals surface area contributed by atoms with Crippen molar-refractivity contribution < 1.29 is 30.6 Å². The van der Waals surface area contributed by atoms with E-state index in [4.69, 9.17) is 9.97 Å². The second-order valence-electron chi connectivity index (χ2n) is 17.4. The Morgan fingerprint density at radius 2 is 1.17 bits per heavy atom. The van der Waals surface area contributed by atoms with Crippen LogP contribution in [0, 0.1) is 11.9 Å². The van der Waals surface area contributed by atoms with Crippen molar-refractivity contribution in [3.63, 3.8) is 0 Å². The molecule has 9 rings (SSSR count). The molecule has 0 aliphatic carbocycles. The smallest absolute Gasteiger partial charge is 0.127 e. The minimum atomic E-state index is -0.510. The zero-order chi connectivity index (χ0) is 41.1. The fourth-order valence-corrected chi connectivity index (χ4v) is 7.96. The van der Waals surface area contributed by atoms with Gasteiger partial charge in [0, 0.05) is 72.3 Å². The largest absolute Gasteiger partial charge is 0.507 e. The molecule has 0 saturated heterocycles. The number of para-hydroxylation sites is 3. The Labute approximate surface area is 365 Å². The molecule has 0 fully saturated rings. The number of hydrogen-bond donors (Lipinski definition) is 1. The topological polar surface area (TPSA) is 50.9 Å². The Morgan fingerprint density at radius 3 is 1.88 bits per heavy atom. The van der Waals surface area contributed by atoms with E-state index < -0.39 is 5.82 Å². The van der Waals surface area contributed by atoms with Gasteiger partial charge in [-0.2, -0.15) is 0 Å². The molecule has 4 nitrogen and oxygen atoms in total. The van der Waals surface area contributed by atoms with Gasteiger partial charge in [-0.1, -0.05) is 138 Å². The van der Waals surface area contributed by atoms with E-state index in [1.165, 1.54) is 28.0 Å². The van der Waals surface area contributed by atoms with E-state index in [1.54, 1.807) is 6.07 Å². The molecule has 6 heteroatoms. The predicted molar refractivity (Wildman–Crippen MR) is 241 cm³/mol. The molecule has 3 heterocycles. The molecule has 1 N–H and O–H groups in total. The van der Waals surface area contributed by atoms with Crippen LogP contribution in [-0.4, -0.2) is 19.6 Å². The number of rotatable bonds is 6. The minimum absolute atomic E-state index is 0. The van der Waals surface area contributed by atoms with Crippen LogP contribution in [0.4, 0.5) is 4.39 Å². The molecule has 0 atom stereocenters. The van der Waals surface area contributed by atoms with Gasteiger partial charge in [-0.05, 0) is 81.1 Å². The van der Waals surface area contributed by atoms with Crippen molar-refractivity contribution in [1.29, 1.82) is 0 Å². The van der Waals surface area contributed by atoms with Gasteiger partial charge in [-0.3, -0.25) is 9.97 Å². The molecule has 0 aliphatic heterocycles. The molecule has 0 radical (unpaired) electrons. The maximum absolute atomic E-state index is 14.2. The summed E-state index contributed by atoms with van der Waals surface area (Å²) in [7, 11) is 0. The van der Waals surface area contributed by atoms with Crippen LogP contribution in [0.25, 0.3) is 83.5 Å². The van der Waals surface area contributed by atoms with Gasteiger partial charge < -0.3 is 9.67 Å². The molecular formula is C54H45FN3OPt-. The second kappa shape index (κ2) is 15.8. The van der Waals surface area contributed by atoms with Gasteiger partial charge in [0.2, 0.25) is 0 Å². The van der Waals surface area contributed by atoms with Crippen LogP contribution >= 0.6 is 0 Å². The maximum Gasteiger partial charge on any atom is 0.127 e. The standard InChI is InChI=1S/C54H45FN3O.Pt/c1-53(2,3)39-27-37(28-40(32-39)54(4,5)6)38-30-48(57-49(31-38)46-23-22-41(55)33-51(46)59)36-15-12-14-35(26-36)47-29-34(24-25-56-47)43-19-13-20-45-44-18-10-11-21-50(44)58(52(43)45)42-16-8-7-9-17-42;/h7-25,27-33,59H,1-6H3;/q-1;. The summed E-state index contributed by atoms with van der Waals surface area (Å²) < 4.78 is 16.6. The first-order chi connectivity index (χ1) is 28.3. The van der Waals surface area contributed by atoms with Gasteiger partial charge in [-0.15, -0.1) is 24.3 Å². The first-order valence-corrected chi connectivity index (χ1v) is 20.1. The van der Waals surface area contributed by atoms with Gasteiger partial charge in [-0.25, -0.2) is 4.39 Å². The molecule has 9 aromatic rings. The van der Waals surface area contributed by atoms with Crippen molar-refractivity contribution in [2.75, 3.05) is 0 Å². The van der Waals surface area contributed by atoms with Crippen molar-refractivity contribution in [3.8, 4) is 67.5 Å². The SMILES string of the molecule is CC(C)(C)c1cc(-c2cc(-c3[c-]c(-c4cc(-c5cccc6c7ccccc7n(-c7ccccc7)c56)ccn4)ccc3)nc(-c3ccc(F)cc3O)c2)cc(C(C)(C)C)c1.[Pt]. The summed E-state index contributed by atoms with van der Waals surface area (Å²) in [5, 5.41) is 13.4. The molecule has 0 spiro atoms. The average molecular weight is 966 g/mol. The van der Waals surface area contributed by atoms with Crippen LogP contribution in [0.5, 0.6) is 5.75 Å². The molecule has 300 valence electrons. The third-order valence-electron chi connectivity index (χ3n) is 11.2. The van der Waals surface area contributed by atoms with E-state index in [1.807, 2.05) is 36.5 Å². The van der Waals surface area contributed by atoms with E-state index in [0.29, 0.717) is 17.0 Å². The van der Waals surface area contributed by atoms with Crippen LogP contribution < -0.4 is 0 Å². The average Bonchev–Trinajstić information content (AvgIpc) is 3.58. The number of benzene rings is 6. The molecule has 6 aromatic carbocycles. The summed E-state index contributed by atoms with van der Waals surface area (Å²) in [4.78, 5) is 9.95. The molecule has 0 saturated carbocycles. The van der Waals surface area contributed by atoms with E-state index >= 15 is 0 Å². The Bertz CT molecular complexity index is 3010. The van der Waals surface area contributed by atoms with Gasteiger partial charge >= 0.3 is 0 Å². The Morgan fingerprint density at radius 1 is 0.550 bits per heavy atom. The van der Waals surface area contributed by atoms with Crippen molar-refractivity contribution >= 4 is 21.8 Å². The zero-order valence-electron chi connectivity index (χ0n) is 34.5. The van der Waals surface area contributed by atoms with Crippen LogP contribution in [0.1, 0.15) is 52.7 Å². The molecule has 0 unspecified atom stereocenters. The van der Waals surface area contributed by atoms with Crippen LogP contribution in [-0.2, 0) is 31.9 Å². The number of aromatic hydroxyl groups is 1. The number of halogens is 1. The number of fused-ring (bicyclic) bond motifs is 3. The predicted octanol–water partition coefficient (Wildman–Crippen LogP) is 14.1. The fourth-order valence-electron chi connectivity index (χ4n) is 7.96. The Balaban J connectivity index is 0.00000499. The number of hydrogen-bond acceptors (Lipinski definition) is 3. The molecule has 0 aliphatic rings. The van der Waals surface area contributed by atoms with E-state index in [2.05, 4.69) is 155 Å². The maximum atomic E-state index is 14.2. The van der Waals surface area contributed by atoms with Gasteiger partial charge in [0.25, 0.3) is 0 Å². The van der Waals surface area contributed by atoms with Crippen molar-refractivity contribution in [3.05, 3.63) is 181 Å². The van der Waals surface area contributed by atoms with Crippen molar-refractivity contribution in [2.45, 2.75) is 52.4 Å². The summed E-state index contributed by atoms with van der Waals surface area (Å²) in [6.45, 7) is 13.4. The number of aromatic nitrogens is 3. The fraction of sp³-hybridized carbons (Fsp3) is 0.148. The number of phenolic OH excluding ortho intramolecular Hbond substituents is 1. The quantitative estimate of drug-likeness (QED) is 0.169. The van der Waals surface area contributed by atoms with Gasteiger partial charge in [0.15, 0.2) is 0 Å². The minimum Gasteiger partial charge on any atom is -0.507 e. The first kappa shape index (κ1) is 40.6. The monoisotopic (exact) mass is 965 g/mol. The molecule has 3 aromatic heterocycles. The zero-order valence-corrected chi connectivity index (χ0v) is 36.8. The van der Waals surface area contributed by atoms with E-state index in [-0.39, 0.29) is 37.6 Å². The number of nitrogens with zero attached hydrogens (tertiary/aromatic N) is 3. The Hall–Kier alpha value is -6.16. The molecule has 60 heavy (non-hydrogen) atoms. The third-order valence-corrected chi connectivity index (χ3v) is 11.2. The summed E-state index contributed by atoms with van der Waals surface area (Å²) >= 11 is 0.